The number of aromatic nitrogens is 2. The fourth-order valence-corrected chi connectivity index (χ4v) is 6.83. The highest BCUT2D eigenvalue weighted by Crippen LogP contribution is 2.62. The first-order valence-electron chi connectivity index (χ1n) is 13.6. The third-order valence-electron chi connectivity index (χ3n) is 8.96. The summed E-state index contributed by atoms with van der Waals surface area (Å²) in [4.78, 5) is 46.2. The van der Waals surface area contributed by atoms with Crippen LogP contribution in [0.5, 0.6) is 0 Å². The minimum Gasteiger partial charge on any atom is -0.461 e. The number of hydrogen-bond donors (Lipinski definition) is 0. The maximum Gasteiger partial charge on any atom is 0.339 e. The number of rotatable bonds is 7. The van der Waals surface area contributed by atoms with Crippen LogP contribution in [0.2, 0.25) is 0 Å². The van der Waals surface area contributed by atoms with E-state index in [1.165, 1.54) is 12.4 Å². The first-order valence-corrected chi connectivity index (χ1v) is 13.6. The van der Waals surface area contributed by atoms with E-state index in [0.717, 1.165) is 24.8 Å². The highest BCUT2D eigenvalue weighted by Gasteiger charge is 2.59. The van der Waals surface area contributed by atoms with E-state index >= 15 is 0 Å². The molecule has 0 amide bonds. The van der Waals surface area contributed by atoms with Gasteiger partial charge in [-0.25, -0.2) is 14.4 Å². The fraction of sp³-hybridized carbons (Fsp3) is 0.406. The average Bonchev–Trinajstić information content (AvgIpc) is 3.38. The molecule has 2 saturated carbocycles. The Morgan fingerprint density at radius 1 is 1.10 bits per heavy atom. The zero-order chi connectivity index (χ0) is 28.3. The zero-order valence-electron chi connectivity index (χ0n) is 22.9. The van der Waals surface area contributed by atoms with Crippen molar-refractivity contribution in [3.05, 3.63) is 96.1 Å². The van der Waals surface area contributed by atoms with Gasteiger partial charge in [0, 0.05) is 36.1 Å². The molecule has 2 aliphatic carbocycles. The molecule has 0 aromatic carbocycles. The molecule has 2 aromatic heterocycles. The Labute approximate surface area is 234 Å². The molecule has 208 valence electrons. The molecule has 40 heavy (non-hydrogen) atoms. The van der Waals surface area contributed by atoms with Gasteiger partial charge in [0.25, 0.3) is 0 Å². The highest BCUT2D eigenvalue weighted by molar-refractivity contribution is 5.93. The topological polar surface area (TPSA) is 105 Å². The maximum absolute atomic E-state index is 13.1. The quantitative estimate of drug-likeness (QED) is 0.264. The number of carbonyl (C=O) groups excluding carboxylic acids is 3. The van der Waals surface area contributed by atoms with Crippen LogP contribution in [0.1, 0.15) is 60.2 Å². The van der Waals surface area contributed by atoms with Crippen LogP contribution in [0.3, 0.4) is 0 Å². The number of ether oxygens (including phenoxy) is 3. The highest BCUT2D eigenvalue weighted by atomic mass is 16.6. The van der Waals surface area contributed by atoms with Gasteiger partial charge in [-0.3, -0.25) is 9.97 Å². The van der Waals surface area contributed by atoms with E-state index in [0.29, 0.717) is 23.1 Å². The lowest BCUT2D eigenvalue weighted by Gasteiger charge is -2.59. The summed E-state index contributed by atoms with van der Waals surface area (Å²) in [6, 6.07) is 6.73. The van der Waals surface area contributed by atoms with Gasteiger partial charge in [-0.05, 0) is 67.4 Å². The van der Waals surface area contributed by atoms with E-state index in [9.17, 15) is 14.4 Å². The number of allylic oxidation sites excluding steroid dienone is 2. The summed E-state index contributed by atoms with van der Waals surface area (Å²) in [5.74, 6) is -1.22. The minimum absolute atomic E-state index is 0.0103. The smallest absolute Gasteiger partial charge is 0.339 e. The molecule has 2 aromatic rings. The van der Waals surface area contributed by atoms with Gasteiger partial charge in [0.1, 0.15) is 19.3 Å². The molecular formula is C32H34N2O6. The van der Waals surface area contributed by atoms with Gasteiger partial charge in [0.05, 0.1) is 16.7 Å². The SMILES string of the molecule is C=C1CCC2[C@](C)(COC(=O)c3cccnc3)[C@H](OC(=O)c3cccnc3)CC[C@@]2(C)[C@@H]1/C=C/C1=CCOC1=O. The van der Waals surface area contributed by atoms with Crippen molar-refractivity contribution in [1.82, 2.24) is 9.97 Å². The fourth-order valence-electron chi connectivity index (χ4n) is 6.83. The van der Waals surface area contributed by atoms with Crippen molar-refractivity contribution in [2.75, 3.05) is 13.2 Å². The van der Waals surface area contributed by atoms with Crippen LogP contribution in [0, 0.1) is 22.7 Å². The van der Waals surface area contributed by atoms with E-state index in [1.807, 2.05) is 6.08 Å². The summed E-state index contributed by atoms with van der Waals surface area (Å²) in [5.41, 5.74) is 1.44. The largest absolute Gasteiger partial charge is 0.461 e. The van der Waals surface area contributed by atoms with E-state index in [2.05, 4.69) is 36.5 Å². The van der Waals surface area contributed by atoms with Gasteiger partial charge in [-0.2, -0.15) is 0 Å². The Hall–Kier alpha value is -4.07. The lowest BCUT2D eigenvalue weighted by molar-refractivity contribution is -0.150. The second kappa shape index (κ2) is 11.2. The van der Waals surface area contributed by atoms with Crippen molar-refractivity contribution in [2.45, 2.75) is 45.6 Å². The van der Waals surface area contributed by atoms with Crippen molar-refractivity contribution in [1.29, 1.82) is 0 Å². The first-order chi connectivity index (χ1) is 19.2. The minimum atomic E-state index is -0.679. The predicted molar refractivity (Wildman–Crippen MR) is 147 cm³/mol. The van der Waals surface area contributed by atoms with Gasteiger partial charge in [-0.15, -0.1) is 0 Å². The summed E-state index contributed by atoms with van der Waals surface area (Å²) in [6.07, 6.45) is 14.3. The molecule has 0 spiro atoms. The number of nitrogens with zero attached hydrogens (tertiary/aromatic N) is 2. The van der Waals surface area contributed by atoms with Gasteiger partial charge < -0.3 is 14.2 Å². The second-order valence-corrected chi connectivity index (χ2v) is 11.3. The third kappa shape index (κ3) is 5.22. The normalized spacial score (nSPS) is 29.9. The Bertz CT molecular complexity index is 1350. The van der Waals surface area contributed by atoms with E-state index in [-0.39, 0.29) is 36.4 Å². The van der Waals surface area contributed by atoms with Crippen LogP contribution < -0.4 is 0 Å². The second-order valence-electron chi connectivity index (χ2n) is 11.3. The first kappa shape index (κ1) is 27.5. The van der Waals surface area contributed by atoms with Crippen molar-refractivity contribution >= 4 is 17.9 Å². The van der Waals surface area contributed by atoms with Gasteiger partial charge in [0.2, 0.25) is 0 Å². The Morgan fingerprint density at radius 2 is 1.80 bits per heavy atom. The van der Waals surface area contributed by atoms with Crippen LogP contribution >= 0.6 is 0 Å². The monoisotopic (exact) mass is 542 g/mol. The molecule has 1 unspecified atom stereocenters. The Balaban J connectivity index is 1.45. The molecular weight excluding hydrogens is 508 g/mol. The molecule has 0 bridgehead atoms. The van der Waals surface area contributed by atoms with Crippen LogP contribution in [-0.2, 0) is 19.0 Å². The molecule has 0 radical (unpaired) electrons. The summed E-state index contributed by atoms with van der Waals surface area (Å²) in [5, 5.41) is 0. The van der Waals surface area contributed by atoms with Gasteiger partial charge in [-0.1, -0.05) is 38.2 Å². The van der Waals surface area contributed by atoms with E-state index in [1.54, 1.807) is 42.7 Å². The lowest BCUT2D eigenvalue weighted by Crippen LogP contribution is -2.58. The summed E-state index contributed by atoms with van der Waals surface area (Å²) >= 11 is 0. The predicted octanol–water partition coefficient (Wildman–Crippen LogP) is 5.29. The molecule has 2 fully saturated rings. The van der Waals surface area contributed by atoms with E-state index in [4.69, 9.17) is 14.2 Å². The molecule has 5 rings (SSSR count). The number of esters is 3. The molecule has 8 nitrogen and oxygen atoms in total. The van der Waals surface area contributed by atoms with Crippen molar-refractivity contribution in [2.24, 2.45) is 22.7 Å². The zero-order valence-corrected chi connectivity index (χ0v) is 22.9. The molecule has 8 heteroatoms. The number of cyclic esters (lactones) is 1. The standard InChI is InChI=1S/C32H34N2O6/c1-21-8-11-26-31(2,25(21)10-9-22-13-17-38-28(22)35)14-12-27(40-30(37)24-7-5-16-34-19-24)32(26,3)20-39-29(36)23-6-4-15-33-18-23/h4-7,9-10,13,15-16,18-19,25-27H,1,8,11-12,14,17,20H2,2-3H3/b10-9+/t25-,26?,27-,31+,32+/m1/s1. The number of carbonyl (C=O) groups is 3. The number of hydrogen-bond acceptors (Lipinski definition) is 8. The number of fused-ring (bicyclic) bond motifs is 1. The third-order valence-corrected chi connectivity index (χ3v) is 8.96. The lowest BCUT2D eigenvalue weighted by atomic mass is 9.46. The van der Waals surface area contributed by atoms with Gasteiger partial charge in [0.15, 0.2) is 0 Å². The van der Waals surface area contributed by atoms with E-state index < -0.39 is 23.5 Å². The molecule has 1 aliphatic heterocycles. The molecule has 5 atom stereocenters. The van der Waals surface area contributed by atoms with Crippen LogP contribution in [0.25, 0.3) is 0 Å². The van der Waals surface area contributed by atoms with Crippen LogP contribution in [0.15, 0.2) is 85.0 Å². The van der Waals surface area contributed by atoms with Crippen molar-refractivity contribution in [3.8, 4) is 0 Å². The molecule has 3 heterocycles. The maximum atomic E-state index is 13.1. The molecule has 3 aliphatic rings. The summed E-state index contributed by atoms with van der Waals surface area (Å²) < 4.78 is 17.1. The Kier molecular flexibility index (Phi) is 7.70. The van der Waals surface area contributed by atoms with Crippen molar-refractivity contribution < 1.29 is 28.6 Å². The van der Waals surface area contributed by atoms with Crippen LogP contribution in [-0.4, -0.2) is 47.2 Å². The van der Waals surface area contributed by atoms with Crippen LogP contribution in [0.4, 0.5) is 0 Å². The summed E-state index contributed by atoms with van der Waals surface area (Å²) in [6.45, 7) is 9.04. The molecule has 0 saturated heterocycles. The molecule has 0 N–H and O–H groups in total. The van der Waals surface area contributed by atoms with Crippen molar-refractivity contribution in [3.63, 3.8) is 0 Å². The Morgan fingerprint density at radius 3 is 2.42 bits per heavy atom. The average molecular weight is 543 g/mol. The number of pyridine rings is 2. The van der Waals surface area contributed by atoms with Gasteiger partial charge >= 0.3 is 17.9 Å². The summed E-state index contributed by atoms with van der Waals surface area (Å²) in [7, 11) is 0.